The number of urea groups is 1. The van der Waals surface area contributed by atoms with Crippen molar-refractivity contribution in [1.82, 2.24) is 9.88 Å². The number of hydrogen-bond donors (Lipinski definition) is 1. The molecule has 1 aromatic carbocycles. The van der Waals surface area contributed by atoms with E-state index in [1.54, 1.807) is 11.1 Å². The number of anilines is 1. The highest BCUT2D eigenvalue weighted by Gasteiger charge is 2.32. The molecule has 7 heteroatoms. The minimum absolute atomic E-state index is 0.0243. The second kappa shape index (κ2) is 8.01. The summed E-state index contributed by atoms with van der Waals surface area (Å²) in [6, 6.07) is 7.32. The van der Waals surface area contributed by atoms with E-state index in [-0.39, 0.29) is 12.1 Å². The number of nitrogens with one attached hydrogen (secondary N) is 1. The molecule has 1 aliphatic heterocycles. The molecule has 1 fully saturated rings. The molecule has 0 aliphatic carbocycles. The van der Waals surface area contributed by atoms with Gasteiger partial charge in [0.25, 0.3) is 5.19 Å². The smallest absolute Gasteiger partial charge is 0.322 e. The standard InChI is InChI=1S/C17H21N3O3S/c1-2-3-9-22-14-6-4-13(5-7-14)19-16(21)20-11-15(12-20)23-17-18-8-10-24-17/h4-8,10,15H,2-3,9,11-12H2,1H3,(H,19,21). The van der Waals surface area contributed by atoms with E-state index in [4.69, 9.17) is 9.47 Å². The molecule has 0 unspecified atom stereocenters. The van der Waals surface area contributed by atoms with Gasteiger partial charge in [0, 0.05) is 17.3 Å². The number of rotatable bonds is 7. The lowest BCUT2D eigenvalue weighted by molar-refractivity contribution is 0.0491. The van der Waals surface area contributed by atoms with Crippen molar-refractivity contribution >= 4 is 23.1 Å². The molecule has 24 heavy (non-hydrogen) atoms. The first-order valence-electron chi connectivity index (χ1n) is 8.09. The molecule has 0 saturated carbocycles. The van der Waals surface area contributed by atoms with Gasteiger partial charge in [0.05, 0.1) is 19.7 Å². The normalized spacial score (nSPS) is 14.1. The van der Waals surface area contributed by atoms with Gasteiger partial charge in [0.2, 0.25) is 0 Å². The van der Waals surface area contributed by atoms with Crippen LogP contribution in [0.25, 0.3) is 0 Å². The molecule has 1 aromatic heterocycles. The Bertz CT molecular complexity index is 640. The molecule has 0 bridgehead atoms. The lowest BCUT2D eigenvalue weighted by Crippen LogP contribution is -2.57. The zero-order chi connectivity index (χ0) is 16.8. The molecule has 0 radical (unpaired) electrons. The van der Waals surface area contributed by atoms with Crippen molar-refractivity contribution in [1.29, 1.82) is 0 Å². The van der Waals surface area contributed by atoms with E-state index in [0.717, 1.165) is 30.9 Å². The molecule has 0 spiro atoms. The van der Waals surface area contributed by atoms with Crippen molar-refractivity contribution in [2.24, 2.45) is 0 Å². The van der Waals surface area contributed by atoms with Crippen LogP contribution in [-0.4, -0.2) is 41.7 Å². The predicted molar refractivity (Wildman–Crippen MR) is 94.0 cm³/mol. The Morgan fingerprint density at radius 1 is 1.38 bits per heavy atom. The second-order valence-corrected chi connectivity index (χ2v) is 6.46. The Hall–Kier alpha value is -2.28. The van der Waals surface area contributed by atoms with E-state index < -0.39 is 0 Å². The van der Waals surface area contributed by atoms with Gasteiger partial charge in [-0.1, -0.05) is 24.7 Å². The van der Waals surface area contributed by atoms with Crippen LogP contribution in [0.3, 0.4) is 0 Å². The number of ether oxygens (including phenoxy) is 2. The van der Waals surface area contributed by atoms with Crippen molar-refractivity contribution in [2.45, 2.75) is 25.9 Å². The highest BCUT2D eigenvalue weighted by molar-refractivity contribution is 7.11. The number of thiazole rings is 1. The largest absolute Gasteiger partial charge is 0.494 e. The summed E-state index contributed by atoms with van der Waals surface area (Å²) in [5.74, 6) is 0.822. The number of amides is 2. The lowest BCUT2D eigenvalue weighted by Gasteiger charge is -2.38. The average Bonchev–Trinajstić information content (AvgIpc) is 3.05. The Labute approximate surface area is 145 Å². The van der Waals surface area contributed by atoms with E-state index in [0.29, 0.717) is 18.3 Å². The first-order chi connectivity index (χ1) is 11.7. The molecule has 1 saturated heterocycles. The maximum Gasteiger partial charge on any atom is 0.322 e. The first kappa shape index (κ1) is 16.6. The van der Waals surface area contributed by atoms with Crippen LogP contribution >= 0.6 is 11.3 Å². The van der Waals surface area contributed by atoms with Crippen LogP contribution in [0.5, 0.6) is 10.9 Å². The van der Waals surface area contributed by atoms with Gasteiger partial charge in [0.1, 0.15) is 11.9 Å². The highest BCUT2D eigenvalue weighted by atomic mass is 32.1. The van der Waals surface area contributed by atoms with Crippen LogP contribution in [0.15, 0.2) is 35.8 Å². The zero-order valence-corrected chi connectivity index (χ0v) is 14.4. The third kappa shape index (κ3) is 4.38. The van der Waals surface area contributed by atoms with E-state index in [1.807, 2.05) is 29.6 Å². The molecule has 3 rings (SSSR count). The monoisotopic (exact) mass is 347 g/mol. The minimum Gasteiger partial charge on any atom is -0.494 e. The Balaban J connectivity index is 1.41. The number of carbonyl (C=O) groups is 1. The Morgan fingerprint density at radius 3 is 2.83 bits per heavy atom. The van der Waals surface area contributed by atoms with Crippen LogP contribution in [0, 0.1) is 0 Å². The lowest BCUT2D eigenvalue weighted by atomic mass is 10.2. The molecule has 0 atom stereocenters. The summed E-state index contributed by atoms with van der Waals surface area (Å²) in [7, 11) is 0. The van der Waals surface area contributed by atoms with Crippen molar-refractivity contribution in [3.63, 3.8) is 0 Å². The molecular weight excluding hydrogens is 326 g/mol. The van der Waals surface area contributed by atoms with Crippen LogP contribution in [-0.2, 0) is 0 Å². The van der Waals surface area contributed by atoms with Gasteiger partial charge in [-0.05, 0) is 30.7 Å². The SMILES string of the molecule is CCCCOc1ccc(NC(=O)N2CC(Oc3nccs3)C2)cc1. The summed E-state index contributed by atoms with van der Waals surface area (Å²) in [5, 5.41) is 5.40. The number of likely N-dealkylation sites (tertiary alicyclic amines) is 1. The van der Waals surface area contributed by atoms with E-state index >= 15 is 0 Å². The van der Waals surface area contributed by atoms with E-state index in [9.17, 15) is 4.79 Å². The van der Waals surface area contributed by atoms with Gasteiger partial charge in [-0.3, -0.25) is 0 Å². The van der Waals surface area contributed by atoms with Gasteiger partial charge >= 0.3 is 6.03 Å². The summed E-state index contributed by atoms with van der Waals surface area (Å²) in [4.78, 5) is 17.9. The van der Waals surface area contributed by atoms with Gasteiger partial charge in [-0.25, -0.2) is 9.78 Å². The van der Waals surface area contributed by atoms with Crippen LogP contribution in [0.1, 0.15) is 19.8 Å². The number of unbranched alkanes of at least 4 members (excludes halogenated alkanes) is 1. The Kier molecular flexibility index (Phi) is 5.53. The third-order valence-corrected chi connectivity index (χ3v) is 4.35. The Morgan fingerprint density at radius 2 is 2.17 bits per heavy atom. The fourth-order valence-electron chi connectivity index (χ4n) is 2.26. The number of aromatic nitrogens is 1. The zero-order valence-electron chi connectivity index (χ0n) is 13.6. The maximum atomic E-state index is 12.2. The summed E-state index contributed by atoms with van der Waals surface area (Å²) in [5.41, 5.74) is 0.757. The third-order valence-electron chi connectivity index (χ3n) is 3.68. The molecule has 2 heterocycles. The van der Waals surface area contributed by atoms with Gasteiger partial charge in [-0.2, -0.15) is 0 Å². The molecule has 128 valence electrons. The van der Waals surface area contributed by atoms with Crippen molar-refractivity contribution in [2.75, 3.05) is 25.0 Å². The average molecular weight is 347 g/mol. The topological polar surface area (TPSA) is 63.7 Å². The van der Waals surface area contributed by atoms with Crippen LogP contribution in [0.2, 0.25) is 0 Å². The molecule has 1 N–H and O–H groups in total. The minimum atomic E-state index is -0.117. The van der Waals surface area contributed by atoms with Crippen LogP contribution < -0.4 is 14.8 Å². The summed E-state index contributed by atoms with van der Waals surface area (Å²) < 4.78 is 11.3. The fraction of sp³-hybridized carbons (Fsp3) is 0.412. The van der Waals surface area contributed by atoms with Crippen molar-refractivity contribution < 1.29 is 14.3 Å². The number of hydrogen-bond acceptors (Lipinski definition) is 5. The maximum absolute atomic E-state index is 12.2. The van der Waals surface area contributed by atoms with Gasteiger partial charge < -0.3 is 19.7 Å². The molecule has 2 amide bonds. The predicted octanol–water partition coefficient (Wildman–Crippen LogP) is 3.62. The van der Waals surface area contributed by atoms with Gasteiger partial charge in [-0.15, -0.1) is 0 Å². The molecular formula is C17H21N3O3S. The van der Waals surface area contributed by atoms with Gasteiger partial charge in [0.15, 0.2) is 0 Å². The van der Waals surface area contributed by atoms with Crippen LogP contribution in [0.4, 0.5) is 10.5 Å². The number of benzene rings is 1. The number of nitrogens with zero attached hydrogens (tertiary/aromatic N) is 2. The summed E-state index contributed by atoms with van der Waals surface area (Å²) in [6.45, 7) is 3.99. The van der Waals surface area contributed by atoms with E-state index in [1.165, 1.54) is 11.3 Å². The second-order valence-electron chi connectivity index (χ2n) is 5.60. The quantitative estimate of drug-likeness (QED) is 0.777. The highest BCUT2D eigenvalue weighted by Crippen LogP contribution is 2.21. The summed E-state index contributed by atoms with van der Waals surface area (Å²) >= 11 is 1.46. The summed E-state index contributed by atoms with van der Waals surface area (Å²) in [6.07, 6.45) is 3.88. The molecule has 2 aromatic rings. The number of carbonyl (C=O) groups excluding carboxylic acids is 1. The first-order valence-corrected chi connectivity index (χ1v) is 8.97. The fourth-order valence-corrected chi connectivity index (χ4v) is 2.81. The molecule has 6 nitrogen and oxygen atoms in total. The molecule has 1 aliphatic rings. The van der Waals surface area contributed by atoms with E-state index in [2.05, 4.69) is 17.2 Å². The van der Waals surface area contributed by atoms with Crippen molar-refractivity contribution in [3.8, 4) is 10.9 Å². The van der Waals surface area contributed by atoms with Crippen molar-refractivity contribution in [3.05, 3.63) is 35.8 Å².